The number of nitrogens with zero attached hydrogens (tertiary/aromatic N) is 2. The van der Waals surface area contributed by atoms with Crippen molar-refractivity contribution in [1.29, 1.82) is 0 Å². The molecule has 0 aliphatic carbocycles. The standard InChI is InChI=1S/C17H16ClN3O/c18-13-4-5-15-16(11-13)20-17(19-15)12-2-1-3-14(10-12)21-6-8-22-9-7-21/h1-5,10-11H,6-9H2,(H,19,20). The van der Waals surface area contributed by atoms with Crippen LogP contribution in [0.3, 0.4) is 0 Å². The molecule has 4 rings (SSSR count). The summed E-state index contributed by atoms with van der Waals surface area (Å²) in [5, 5.41) is 0.713. The van der Waals surface area contributed by atoms with Crippen molar-refractivity contribution in [3.63, 3.8) is 0 Å². The molecule has 3 aromatic rings. The highest BCUT2D eigenvalue weighted by atomic mass is 35.5. The van der Waals surface area contributed by atoms with E-state index in [1.165, 1.54) is 5.69 Å². The highest BCUT2D eigenvalue weighted by Crippen LogP contribution is 2.26. The SMILES string of the molecule is Clc1ccc2nc(-c3cccc(N4CCOCC4)c3)[nH]c2c1. The maximum Gasteiger partial charge on any atom is 0.138 e. The quantitative estimate of drug-likeness (QED) is 0.784. The average molecular weight is 314 g/mol. The van der Waals surface area contributed by atoms with Crippen LogP contribution in [0.1, 0.15) is 0 Å². The lowest BCUT2D eigenvalue weighted by Gasteiger charge is -2.29. The molecule has 1 aromatic heterocycles. The lowest BCUT2D eigenvalue weighted by molar-refractivity contribution is 0.122. The molecule has 1 fully saturated rings. The number of imidazole rings is 1. The van der Waals surface area contributed by atoms with Crippen LogP contribution in [0.2, 0.25) is 5.02 Å². The van der Waals surface area contributed by atoms with Crippen LogP contribution in [0.15, 0.2) is 42.5 Å². The maximum absolute atomic E-state index is 6.03. The summed E-state index contributed by atoms with van der Waals surface area (Å²) < 4.78 is 5.41. The Morgan fingerprint density at radius 2 is 1.95 bits per heavy atom. The van der Waals surface area contributed by atoms with Gasteiger partial charge in [-0.05, 0) is 30.3 Å². The van der Waals surface area contributed by atoms with Crippen LogP contribution < -0.4 is 4.90 Å². The zero-order chi connectivity index (χ0) is 14.9. The summed E-state index contributed by atoms with van der Waals surface area (Å²) in [6.45, 7) is 3.43. The number of hydrogen-bond acceptors (Lipinski definition) is 3. The first-order chi connectivity index (χ1) is 10.8. The van der Waals surface area contributed by atoms with Crippen molar-refractivity contribution in [3.05, 3.63) is 47.5 Å². The van der Waals surface area contributed by atoms with Gasteiger partial charge >= 0.3 is 0 Å². The van der Waals surface area contributed by atoms with E-state index < -0.39 is 0 Å². The number of nitrogens with one attached hydrogen (secondary N) is 1. The predicted molar refractivity (Wildman–Crippen MR) is 89.6 cm³/mol. The number of rotatable bonds is 2. The number of ether oxygens (including phenoxy) is 1. The molecule has 0 saturated carbocycles. The summed E-state index contributed by atoms with van der Waals surface area (Å²) in [6, 6.07) is 14.1. The molecule has 1 aliphatic rings. The largest absolute Gasteiger partial charge is 0.378 e. The van der Waals surface area contributed by atoms with Crippen LogP contribution in [0.5, 0.6) is 0 Å². The molecule has 112 valence electrons. The fourth-order valence-electron chi connectivity index (χ4n) is 2.79. The third-order valence-electron chi connectivity index (χ3n) is 3.94. The normalized spacial score (nSPS) is 15.4. The molecule has 22 heavy (non-hydrogen) atoms. The number of H-pyrrole nitrogens is 1. The number of anilines is 1. The van der Waals surface area contributed by atoms with Crippen molar-refractivity contribution < 1.29 is 4.74 Å². The Hall–Kier alpha value is -2.04. The second-order valence-electron chi connectivity index (χ2n) is 5.40. The lowest BCUT2D eigenvalue weighted by atomic mass is 10.1. The number of morpholine rings is 1. The molecule has 0 amide bonds. The van der Waals surface area contributed by atoms with Gasteiger partial charge in [-0.3, -0.25) is 0 Å². The minimum Gasteiger partial charge on any atom is -0.378 e. The highest BCUT2D eigenvalue weighted by molar-refractivity contribution is 6.31. The molecule has 2 aromatic carbocycles. The van der Waals surface area contributed by atoms with E-state index in [9.17, 15) is 0 Å². The fraction of sp³-hybridized carbons (Fsp3) is 0.235. The van der Waals surface area contributed by atoms with Crippen LogP contribution in [-0.4, -0.2) is 36.3 Å². The van der Waals surface area contributed by atoms with E-state index in [4.69, 9.17) is 16.3 Å². The van der Waals surface area contributed by atoms with Gasteiger partial charge in [-0.25, -0.2) is 4.98 Å². The molecule has 0 atom stereocenters. The minimum atomic E-state index is 0.713. The van der Waals surface area contributed by atoms with Crippen molar-refractivity contribution in [1.82, 2.24) is 9.97 Å². The number of fused-ring (bicyclic) bond motifs is 1. The van der Waals surface area contributed by atoms with Crippen molar-refractivity contribution in [2.24, 2.45) is 0 Å². The number of benzene rings is 2. The van der Waals surface area contributed by atoms with E-state index >= 15 is 0 Å². The Morgan fingerprint density at radius 1 is 1.09 bits per heavy atom. The van der Waals surface area contributed by atoms with Gasteiger partial charge in [-0.15, -0.1) is 0 Å². The summed E-state index contributed by atoms with van der Waals surface area (Å²) in [4.78, 5) is 10.3. The van der Waals surface area contributed by atoms with Gasteiger partial charge in [0.1, 0.15) is 5.82 Å². The molecule has 5 heteroatoms. The molecule has 1 aliphatic heterocycles. The molecule has 0 unspecified atom stereocenters. The minimum absolute atomic E-state index is 0.713. The van der Waals surface area contributed by atoms with E-state index in [0.29, 0.717) is 5.02 Å². The van der Waals surface area contributed by atoms with Gasteiger partial charge in [-0.1, -0.05) is 23.7 Å². The molecule has 1 saturated heterocycles. The zero-order valence-corrected chi connectivity index (χ0v) is 12.8. The van der Waals surface area contributed by atoms with Crippen LogP contribution in [0.25, 0.3) is 22.4 Å². The zero-order valence-electron chi connectivity index (χ0n) is 12.1. The summed E-state index contributed by atoms with van der Waals surface area (Å²) >= 11 is 6.03. The number of aromatic amines is 1. The summed E-state index contributed by atoms with van der Waals surface area (Å²) in [6.07, 6.45) is 0. The van der Waals surface area contributed by atoms with Gasteiger partial charge in [0.2, 0.25) is 0 Å². The molecular formula is C17H16ClN3O. The number of aromatic nitrogens is 2. The predicted octanol–water partition coefficient (Wildman–Crippen LogP) is 3.72. The second kappa shape index (κ2) is 5.63. The van der Waals surface area contributed by atoms with Gasteiger partial charge in [-0.2, -0.15) is 0 Å². The molecular weight excluding hydrogens is 298 g/mol. The summed E-state index contributed by atoms with van der Waals surface area (Å²) in [5.74, 6) is 0.868. The highest BCUT2D eigenvalue weighted by Gasteiger charge is 2.13. The number of hydrogen-bond donors (Lipinski definition) is 1. The van der Waals surface area contributed by atoms with Crippen LogP contribution in [-0.2, 0) is 4.74 Å². The molecule has 0 bridgehead atoms. The Kier molecular flexibility index (Phi) is 3.48. The first-order valence-corrected chi connectivity index (χ1v) is 7.76. The lowest BCUT2D eigenvalue weighted by Crippen LogP contribution is -2.36. The molecule has 0 spiro atoms. The van der Waals surface area contributed by atoms with Crippen LogP contribution in [0.4, 0.5) is 5.69 Å². The van der Waals surface area contributed by atoms with E-state index in [-0.39, 0.29) is 0 Å². The van der Waals surface area contributed by atoms with E-state index in [1.807, 2.05) is 18.2 Å². The van der Waals surface area contributed by atoms with Gasteiger partial charge < -0.3 is 14.6 Å². The first kappa shape index (κ1) is 13.6. The van der Waals surface area contributed by atoms with Gasteiger partial charge in [0.15, 0.2) is 0 Å². The molecule has 2 heterocycles. The van der Waals surface area contributed by atoms with E-state index in [0.717, 1.165) is 48.7 Å². The molecule has 4 nitrogen and oxygen atoms in total. The summed E-state index contributed by atoms with van der Waals surface area (Å²) in [7, 11) is 0. The monoisotopic (exact) mass is 313 g/mol. The van der Waals surface area contributed by atoms with Crippen LogP contribution in [0, 0.1) is 0 Å². The Balaban J connectivity index is 1.71. The Morgan fingerprint density at radius 3 is 2.82 bits per heavy atom. The second-order valence-corrected chi connectivity index (χ2v) is 5.83. The summed E-state index contributed by atoms with van der Waals surface area (Å²) in [5.41, 5.74) is 4.17. The topological polar surface area (TPSA) is 41.2 Å². The van der Waals surface area contributed by atoms with Gasteiger partial charge in [0.25, 0.3) is 0 Å². The molecule has 1 N–H and O–H groups in total. The Labute approximate surface area is 133 Å². The first-order valence-electron chi connectivity index (χ1n) is 7.38. The van der Waals surface area contributed by atoms with Gasteiger partial charge in [0, 0.05) is 29.4 Å². The van der Waals surface area contributed by atoms with Crippen molar-refractivity contribution in [3.8, 4) is 11.4 Å². The van der Waals surface area contributed by atoms with Crippen molar-refractivity contribution >= 4 is 28.3 Å². The average Bonchev–Trinajstić information content (AvgIpc) is 2.99. The third kappa shape index (κ3) is 2.56. The van der Waals surface area contributed by atoms with Crippen molar-refractivity contribution in [2.75, 3.05) is 31.2 Å². The Bertz CT molecular complexity index is 809. The van der Waals surface area contributed by atoms with Crippen LogP contribution >= 0.6 is 11.6 Å². The van der Waals surface area contributed by atoms with Crippen molar-refractivity contribution in [2.45, 2.75) is 0 Å². The van der Waals surface area contributed by atoms with E-state index in [1.54, 1.807) is 0 Å². The fourth-order valence-corrected chi connectivity index (χ4v) is 2.96. The maximum atomic E-state index is 6.03. The van der Waals surface area contributed by atoms with E-state index in [2.05, 4.69) is 39.1 Å². The third-order valence-corrected chi connectivity index (χ3v) is 4.17. The molecule has 0 radical (unpaired) electrons. The smallest absolute Gasteiger partial charge is 0.138 e. The van der Waals surface area contributed by atoms with Gasteiger partial charge in [0.05, 0.1) is 24.2 Å². The number of halogens is 1.